The molecule has 4 heterocycles. The van der Waals surface area contributed by atoms with Crippen LogP contribution in [0.25, 0.3) is 102 Å². The first-order chi connectivity index (χ1) is 23.8. The number of fused-ring (bicyclic) bond motifs is 14. The summed E-state index contributed by atoms with van der Waals surface area (Å²) in [6, 6.07) is 47.9. The fraction of sp³-hybridized carbons (Fsp3) is 0. The third kappa shape index (κ3) is 3.51. The van der Waals surface area contributed by atoms with Crippen LogP contribution in [0.2, 0.25) is 0 Å². The van der Waals surface area contributed by atoms with Crippen LogP contribution in [0.3, 0.4) is 0 Å². The summed E-state index contributed by atoms with van der Waals surface area (Å²) in [4.78, 5) is 15.4. The lowest BCUT2D eigenvalue weighted by Crippen LogP contribution is -2.04. The number of pyridine rings is 1. The van der Waals surface area contributed by atoms with Crippen molar-refractivity contribution in [1.29, 1.82) is 0 Å². The lowest BCUT2D eigenvalue weighted by Gasteiger charge is -2.16. The molecule has 5 heteroatoms. The predicted molar refractivity (Wildman–Crippen MR) is 203 cm³/mol. The van der Waals surface area contributed by atoms with E-state index in [1.54, 1.807) is 0 Å². The number of hydrogen-bond acceptors (Lipinski definition) is 4. The molecule has 0 radical (unpaired) electrons. The van der Waals surface area contributed by atoms with E-state index in [2.05, 4.69) is 137 Å². The molecule has 0 saturated carbocycles. The van der Waals surface area contributed by atoms with Gasteiger partial charge in [-0.3, -0.25) is 9.55 Å². The van der Waals surface area contributed by atoms with E-state index in [0.29, 0.717) is 5.95 Å². The molecule has 7 aromatic carbocycles. The van der Waals surface area contributed by atoms with Crippen LogP contribution in [0.5, 0.6) is 0 Å². The number of thiophene rings is 1. The Labute approximate surface area is 278 Å². The van der Waals surface area contributed by atoms with Gasteiger partial charge in [0.2, 0.25) is 5.95 Å². The topological polar surface area (TPSA) is 43.6 Å². The molecule has 48 heavy (non-hydrogen) atoms. The Kier molecular flexibility index (Phi) is 5.23. The van der Waals surface area contributed by atoms with E-state index < -0.39 is 0 Å². The maximum Gasteiger partial charge on any atom is 0.235 e. The largest absolute Gasteiger partial charge is 0.278 e. The highest BCUT2D eigenvalue weighted by Crippen LogP contribution is 2.43. The summed E-state index contributed by atoms with van der Waals surface area (Å²) in [5.74, 6) is 0.648. The molecule has 0 aliphatic rings. The van der Waals surface area contributed by atoms with Crippen molar-refractivity contribution in [1.82, 2.24) is 19.5 Å². The second-order valence-electron chi connectivity index (χ2n) is 12.4. The Hall–Kier alpha value is -6.17. The number of rotatable bonds is 2. The molecule has 4 aromatic heterocycles. The van der Waals surface area contributed by atoms with E-state index in [1.807, 2.05) is 29.8 Å². The van der Waals surface area contributed by atoms with Crippen molar-refractivity contribution >= 4 is 96.5 Å². The van der Waals surface area contributed by atoms with E-state index in [-0.39, 0.29) is 0 Å². The van der Waals surface area contributed by atoms with E-state index in [0.717, 1.165) is 44.0 Å². The summed E-state index contributed by atoms with van der Waals surface area (Å²) >= 11 is 1.86. The first kappa shape index (κ1) is 26.0. The highest BCUT2D eigenvalue weighted by Gasteiger charge is 2.21. The van der Waals surface area contributed by atoms with E-state index in [4.69, 9.17) is 9.97 Å². The van der Waals surface area contributed by atoms with Crippen molar-refractivity contribution in [3.63, 3.8) is 0 Å². The third-order valence-corrected chi connectivity index (χ3v) is 11.0. The van der Waals surface area contributed by atoms with Gasteiger partial charge >= 0.3 is 0 Å². The van der Waals surface area contributed by atoms with E-state index in [9.17, 15) is 0 Å². The van der Waals surface area contributed by atoms with Crippen LogP contribution < -0.4 is 0 Å². The molecular weight excluding hydrogens is 605 g/mol. The zero-order chi connectivity index (χ0) is 31.3. The molecule has 0 fully saturated rings. The molecule has 0 aliphatic heterocycles. The summed E-state index contributed by atoms with van der Waals surface area (Å²) in [6.45, 7) is 0. The van der Waals surface area contributed by atoms with E-state index in [1.165, 1.54) is 52.5 Å². The molecule has 0 N–H and O–H groups in total. The van der Waals surface area contributed by atoms with Gasteiger partial charge in [-0.2, -0.15) is 0 Å². The zero-order valence-corrected chi connectivity index (χ0v) is 26.4. The van der Waals surface area contributed by atoms with Gasteiger partial charge in [-0.1, -0.05) is 91.0 Å². The molecular formula is C43H24N4S. The van der Waals surface area contributed by atoms with Crippen molar-refractivity contribution < 1.29 is 0 Å². The van der Waals surface area contributed by atoms with Crippen LogP contribution in [0, 0.1) is 0 Å². The normalized spacial score (nSPS) is 12.2. The highest BCUT2D eigenvalue weighted by molar-refractivity contribution is 7.26. The molecule has 0 atom stereocenters. The highest BCUT2D eigenvalue weighted by atomic mass is 32.1. The zero-order valence-electron chi connectivity index (χ0n) is 25.6. The molecule has 11 aromatic rings. The average Bonchev–Trinajstić information content (AvgIpc) is 3.69. The molecule has 222 valence electrons. The Morgan fingerprint density at radius 3 is 2.04 bits per heavy atom. The van der Waals surface area contributed by atoms with Crippen LogP contribution in [0.4, 0.5) is 0 Å². The number of hydrogen-bond donors (Lipinski definition) is 0. The minimum Gasteiger partial charge on any atom is -0.278 e. The van der Waals surface area contributed by atoms with Crippen LogP contribution >= 0.6 is 11.3 Å². The minimum atomic E-state index is 0.648. The summed E-state index contributed by atoms with van der Waals surface area (Å²) in [7, 11) is 0. The van der Waals surface area contributed by atoms with Gasteiger partial charge in [0.05, 0.1) is 22.2 Å². The minimum absolute atomic E-state index is 0.648. The molecule has 11 rings (SSSR count). The van der Waals surface area contributed by atoms with E-state index >= 15 is 0 Å². The maximum absolute atomic E-state index is 5.48. The van der Waals surface area contributed by atoms with Gasteiger partial charge in [0.25, 0.3) is 0 Å². The SMILES string of the molecule is c1cncc(-c2nc(-n3c4ccccc4c4cc5c(ccc6sc7ccccc7c65)cc43)nc3c4ccccc4c4ccccc4c23)c1. The monoisotopic (exact) mass is 628 g/mol. The number of para-hydroxylation sites is 1. The maximum atomic E-state index is 5.48. The van der Waals surface area contributed by atoms with Gasteiger partial charge < -0.3 is 0 Å². The first-order valence-corrected chi connectivity index (χ1v) is 16.9. The molecule has 4 nitrogen and oxygen atoms in total. The molecule has 0 spiro atoms. The smallest absolute Gasteiger partial charge is 0.235 e. The fourth-order valence-electron chi connectivity index (χ4n) is 7.80. The standard InChI is InChI=1S/C43H24N4S/c1-3-14-30-27(11-1)28-12-2-4-15-31(28)42-40(30)41(26-10-9-21-44-24-26)45-43(46-42)47-35-17-7-5-13-29(35)34-23-33-25(22-36(34)47)19-20-38-39(33)32-16-6-8-18-37(32)48-38/h1-24H. The lowest BCUT2D eigenvalue weighted by molar-refractivity contribution is 1.02. The predicted octanol–water partition coefficient (Wildman–Crippen LogP) is 11.6. The van der Waals surface area contributed by atoms with Gasteiger partial charge in [-0.05, 0) is 69.4 Å². The summed E-state index contributed by atoms with van der Waals surface area (Å²) < 4.78 is 4.88. The van der Waals surface area contributed by atoms with Gasteiger partial charge in [0.15, 0.2) is 0 Å². The summed E-state index contributed by atoms with van der Waals surface area (Å²) in [5, 5.41) is 13.1. The van der Waals surface area contributed by atoms with Gasteiger partial charge in [-0.25, -0.2) is 9.97 Å². The molecule has 0 saturated heterocycles. The number of benzene rings is 7. The van der Waals surface area contributed by atoms with Crippen LogP contribution in [0.15, 0.2) is 146 Å². The Bertz CT molecular complexity index is 3120. The van der Waals surface area contributed by atoms with Crippen molar-refractivity contribution in [3.05, 3.63) is 146 Å². The fourth-order valence-corrected chi connectivity index (χ4v) is 8.92. The summed E-state index contributed by atoms with van der Waals surface area (Å²) in [6.07, 6.45) is 3.72. The van der Waals surface area contributed by atoms with Gasteiger partial charge in [-0.15, -0.1) is 11.3 Å². The molecule has 0 amide bonds. The molecule has 0 aliphatic carbocycles. The van der Waals surface area contributed by atoms with Crippen molar-refractivity contribution in [2.24, 2.45) is 0 Å². The Balaban J connectivity index is 1.32. The molecule has 0 unspecified atom stereocenters. The quantitative estimate of drug-likeness (QED) is 0.179. The second-order valence-corrected chi connectivity index (χ2v) is 13.5. The lowest BCUT2D eigenvalue weighted by atomic mass is 9.95. The van der Waals surface area contributed by atoms with Crippen LogP contribution in [-0.4, -0.2) is 19.5 Å². The Morgan fingerprint density at radius 1 is 0.479 bits per heavy atom. The van der Waals surface area contributed by atoms with Crippen molar-refractivity contribution in [2.75, 3.05) is 0 Å². The van der Waals surface area contributed by atoms with Crippen LogP contribution in [-0.2, 0) is 0 Å². The first-order valence-electron chi connectivity index (χ1n) is 16.1. The van der Waals surface area contributed by atoms with Crippen molar-refractivity contribution in [2.45, 2.75) is 0 Å². The van der Waals surface area contributed by atoms with Crippen molar-refractivity contribution in [3.8, 4) is 17.2 Å². The van der Waals surface area contributed by atoms with Gasteiger partial charge in [0.1, 0.15) is 0 Å². The number of nitrogens with zero attached hydrogens (tertiary/aromatic N) is 4. The molecule has 0 bridgehead atoms. The third-order valence-electron chi connectivity index (χ3n) is 9.85. The summed E-state index contributed by atoms with van der Waals surface area (Å²) in [5.41, 5.74) is 4.94. The number of aromatic nitrogens is 4. The van der Waals surface area contributed by atoms with Crippen LogP contribution in [0.1, 0.15) is 0 Å². The van der Waals surface area contributed by atoms with Gasteiger partial charge in [0, 0.05) is 59.7 Å². The average molecular weight is 629 g/mol. The second kappa shape index (κ2) is 9.67. The Morgan fingerprint density at radius 2 is 1.21 bits per heavy atom.